The minimum Gasteiger partial charge on any atom is -0.495 e. The number of fused-ring (bicyclic) bond motifs is 1. The number of anilines is 1. The van der Waals surface area contributed by atoms with Crippen molar-refractivity contribution in [2.45, 2.75) is 71.9 Å². The molecule has 0 unspecified atom stereocenters. The summed E-state index contributed by atoms with van der Waals surface area (Å²) in [5.74, 6) is -0.273. The number of nitrogens with one attached hydrogen (secondary N) is 1. The summed E-state index contributed by atoms with van der Waals surface area (Å²) in [5, 5.41) is 18.5. The predicted molar refractivity (Wildman–Crippen MR) is 195 cm³/mol. The molecule has 1 aliphatic heterocycles. The van der Waals surface area contributed by atoms with Crippen LogP contribution in [0, 0.1) is 6.92 Å². The number of amides is 3. The Morgan fingerprint density at radius 2 is 1.72 bits per heavy atom. The third kappa shape index (κ3) is 8.37. The highest BCUT2D eigenvalue weighted by Gasteiger charge is 2.32. The highest BCUT2D eigenvalue weighted by Crippen LogP contribution is 2.30. The van der Waals surface area contributed by atoms with E-state index in [0.29, 0.717) is 65.2 Å². The maximum absolute atomic E-state index is 14.6. The van der Waals surface area contributed by atoms with Gasteiger partial charge in [0.15, 0.2) is 5.69 Å². The van der Waals surface area contributed by atoms with Gasteiger partial charge in [-0.3, -0.25) is 14.4 Å². The Balaban J connectivity index is 1.51. The molecule has 0 saturated heterocycles. The number of unbranched alkanes of at least 4 members (excludes halogenated alkanes) is 2. The highest BCUT2D eigenvalue weighted by molar-refractivity contribution is 6.32. The minimum atomic E-state index is -0.440. The van der Waals surface area contributed by atoms with Crippen LogP contribution in [0.4, 0.5) is 5.69 Å². The molecule has 4 aromatic rings. The van der Waals surface area contributed by atoms with Crippen LogP contribution in [0.3, 0.4) is 0 Å². The Morgan fingerprint density at radius 3 is 2.40 bits per heavy atom. The number of hydrogen-bond acceptors (Lipinski definition) is 6. The van der Waals surface area contributed by atoms with E-state index in [0.717, 1.165) is 36.8 Å². The molecule has 3 amide bonds. The van der Waals surface area contributed by atoms with Gasteiger partial charge in [0.25, 0.3) is 11.8 Å². The summed E-state index contributed by atoms with van der Waals surface area (Å²) in [6.07, 6.45) is 4.32. The monoisotopic (exact) mass is 699 g/mol. The molecule has 11 heteroatoms. The number of aliphatic hydroxyl groups excluding tert-OH is 1. The fourth-order valence-corrected chi connectivity index (χ4v) is 6.51. The molecule has 1 atom stereocenters. The van der Waals surface area contributed by atoms with Crippen LogP contribution in [-0.4, -0.2) is 75.3 Å². The van der Waals surface area contributed by atoms with Gasteiger partial charge in [-0.25, -0.2) is 4.68 Å². The van der Waals surface area contributed by atoms with Gasteiger partial charge in [-0.05, 0) is 79.3 Å². The first-order valence-corrected chi connectivity index (χ1v) is 17.7. The van der Waals surface area contributed by atoms with Crippen molar-refractivity contribution in [2.75, 3.05) is 32.1 Å². The van der Waals surface area contributed by atoms with E-state index in [4.69, 9.17) is 21.4 Å². The molecule has 1 aliphatic rings. The van der Waals surface area contributed by atoms with Gasteiger partial charge in [0.1, 0.15) is 5.75 Å². The molecule has 0 bridgehead atoms. The Kier molecular flexibility index (Phi) is 12.3. The fourth-order valence-electron chi connectivity index (χ4n) is 6.32. The summed E-state index contributed by atoms with van der Waals surface area (Å²) in [7, 11) is 1.52. The highest BCUT2D eigenvalue weighted by atomic mass is 35.5. The molecular weight excluding hydrogens is 654 g/mol. The first-order valence-electron chi connectivity index (χ1n) is 17.3. The van der Waals surface area contributed by atoms with Gasteiger partial charge in [-0.2, -0.15) is 5.10 Å². The molecule has 2 N–H and O–H groups in total. The average molecular weight is 700 g/mol. The summed E-state index contributed by atoms with van der Waals surface area (Å²) >= 11 is 6.17. The third-order valence-corrected chi connectivity index (χ3v) is 9.42. The number of hydrogen-bond donors (Lipinski definition) is 2. The number of aryl methyl sites for hydroxylation is 1. The minimum absolute atomic E-state index is 0.0599. The summed E-state index contributed by atoms with van der Waals surface area (Å²) in [4.78, 5) is 45.0. The molecule has 264 valence electrons. The van der Waals surface area contributed by atoms with Crippen molar-refractivity contribution in [3.05, 3.63) is 105 Å². The lowest BCUT2D eigenvalue weighted by Gasteiger charge is -2.36. The van der Waals surface area contributed by atoms with E-state index in [1.165, 1.54) is 7.11 Å². The molecule has 0 radical (unpaired) electrons. The number of halogens is 1. The van der Waals surface area contributed by atoms with Crippen LogP contribution in [0.5, 0.6) is 5.75 Å². The lowest BCUT2D eigenvalue weighted by atomic mass is 9.93. The Morgan fingerprint density at radius 1 is 1.00 bits per heavy atom. The van der Waals surface area contributed by atoms with Gasteiger partial charge < -0.3 is 25.0 Å². The number of ether oxygens (including phenoxy) is 1. The molecule has 10 nitrogen and oxygen atoms in total. The maximum atomic E-state index is 14.6. The van der Waals surface area contributed by atoms with Crippen LogP contribution in [0.1, 0.15) is 82.8 Å². The van der Waals surface area contributed by atoms with Crippen LogP contribution in [0.2, 0.25) is 5.02 Å². The van der Waals surface area contributed by atoms with E-state index in [9.17, 15) is 19.5 Å². The summed E-state index contributed by atoms with van der Waals surface area (Å²) in [6, 6.07) is 19.5. The van der Waals surface area contributed by atoms with E-state index in [2.05, 4.69) is 19.2 Å². The first kappa shape index (κ1) is 36.6. The fraction of sp³-hybridized carbons (Fsp3) is 0.385. The van der Waals surface area contributed by atoms with Crippen molar-refractivity contribution in [1.82, 2.24) is 19.6 Å². The molecule has 1 aromatic heterocycles. The quantitative estimate of drug-likeness (QED) is 0.153. The van der Waals surface area contributed by atoms with Gasteiger partial charge >= 0.3 is 0 Å². The molecule has 0 spiro atoms. The lowest BCUT2D eigenvalue weighted by Crippen LogP contribution is -2.46. The van der Waals surface area contributed by atoms with Gasteiger partial charge in [0.2, 0.25) is 5.91 Å². The van der Waals surface area contributed by atoms with E-state index < -0.39 is 6.04 Å². The number of nitrogens with zero attached hydrogens (tertiary/aromatic N) is 4. The zero-order valence-corrected chi connectivity index (χ0v) is 30.0. The van der Waals surface area contributed by atoms with E-state index in [1.54, 1.807) is 52.0 Å². The van der Waals surface area contributed by atoms with Gasteiger partial charge in [-0.15, -0.1) is 0 Å². The van der Waals surface area contributed by atoms with E-state index in [-0.39, 0.29) is 36.3 Å². The first-order chi connectivity index (χ1) is 24.2. The molecule has 5 rings (SSSR count). The molecule has 50 heavy (non-hydrogen) atoms. The Hall–Kier alpha value is -4.67. The number of benzene rings is 3. The van der Waals surface area contributed by atoms with Crippen molar-refractivity contribution in [1.29, 1.82) is 0 Å². The van der Waals surface area contributed by atoms with Gasteiger partial charge in [0, 0.05) is 31.0 Å². The van der Waals surface area contributed by atoms with Crippen molar-refractivity contribution in [2.24, 2.45) is 0 Å². The third-order valence-electron chi connectivity index (χ3n) is 9.10. The molecule has 0 fully saturated rings. The normalized spacial score (nSPS) is 13.9. The summed E-state index contributed by atoms with van der Waals surface area (Å²) < 4.78 is 6.92. The van der Waals surface area contributed by atoms with Crippen molar-refractivity contribution in [3.63, 3.8) is 0 Å². The second-order valence-corrected chi connectivity index (χ2v) is 13.2. The molecular formula is C39H46ClN5O5. The van der Waals surface area contributed by atoms with Crippen LogP contribution in [-0.2, 0) is 24.2 Å². The number of rotatable bonds is 14. The van der Waals surface area contributed by atoms with Gasteiger partial charge in [0.05, 0.1) is 42.5 Å². The molecule has 2 heterocycles. The van der Waals surface area contributed by atoms with Crippen LogP contribution in [0.25, 0.3) is 5.69 Å². The lowest BCUT2D eigenvalue weighted by molar-refractivity contribution is -0.115. The second kappa shape index (κ2) is 16.8. The molecule has 0 aliphatic carbocycles. The largest absolute Gasteiger partial charge is 0.495 e. The predicted octanol–water partition coefficient (Wildman–Crippen LogP) is 6.63. The second-order valence-electron chi connectivity index (χ2n) is 12.8. The van der Waals surface area contributed by atoms with E-state index >= 15 is 0 Å². The number of aromatic nitrogens is 2. The summed E-state index contributed by atoms with van der Waals surface area (Å²) in [5.41, 5.74) is 4.99. The SMILES string of the molecule is CCCCN(CCCC)C(=O)c1cc(C)n(-c2ccc(NC(=O)Cc3ccc(Cl)c(OC)c3)cc2C(=O)N2Cc3ccccc3C[C@H]2CO)n1. The summed E-state index contributed by atoms with van der Waals surface area (Å²) in [6.45, 7) is 7.47. The smallest absolute Gasteiger partial charge is 0.274 e. The zero-order chi connectivity index (χ0) is 35.8. The van der Waals surface area contributed by atoms with Crippen LogP contribution in [0.15, 0.2) is 66.7 Å². The Labute approximate surface area is 299 Å². The van der Waals surface area contributed by atoms with E-state index in [1.807, 2.05) is 36.1 Å². The van der Waals surface area contributed by atoms with Crippen molar-refractivity contribution in [3.8, 4) is 11.4 Å². The number of aliphatic hydroxyl groups is 1. The number of methoxy groups -OCH3 is 1. The van der Waals surface area contributed by atoms with Crippen molar-refractivity contribution >= 4 is 35.0 Å². The van der Waals surface area contributed by atoms with Crippen molar-refractivity contribution < 1.29 is 24.2 Å². The zero-order valence-electron chi connectivity index (χ0n) is 29.2. The molecule has 3 aromatic carbocycles. The standard InChI is InChI=1S/C39H46ClN5O5/c1-5-7-17-43(18-8-6-2)39(49)34-19-26(3)45(42-34)35-16-14-30(41-37(47)21-27-13-15-33(40)36(20-27)50-4)23-32(35)38(48)44-24-29-12-10-9-11-28(29)22-31(44)25-46/h9-16,19-20,23,31,46H,5-8,17-18,21-22,24-25H2,1-4H3,(H,41,47)/t31-/m0/s1. The van der Waals surface area contributed by atoms with Crippen LogP contribution >= 0.6 is 11.6 Å². The Bertz CT molecular complexity index is 1830. The molecule has 0 saturated carbocycles. The van der Waals surface area contributed by atoms with Gasteiger partial charge in [-0.1, -0.05) is 68.6 Å². The maximum Gasteiger partial charge on any atom is 0.274 e. The van der Waals surface area contributed by atoms with Crippen LogP contribution < -0.4 is 10.1 Å². The number of carbonyl (C=O) groups is 3. The number of carbonyl (C=O) groups excluding carboxylic acids is 3. The average Bonchev–Trinajstić information content (AvgIpc) is 3.52. The topological polar surface area (TPSA) is 117 Å².